The van der Waals surface area contributed by atoms with Gasteiger partial charge in [0.1, 0.15) is 6.33 Å². The van der Waals surface area contributed by atoms with E-state index in [0.29, 0.717) is 23.4 Å². The maximum absolute atomic E-state index is 12.3. The molecule has 0 bridgehead atoms. The molecule has 0 spiro atoms. The fourth-order valence-electron chi connectivity index (χ4n) is 2.91. The smallest absolute Gasteiger partial charge is 0.307 e. The van der Waals surface area contributed by atoms with Gasteiger partial charge in [0.15, 0.2) is 0 Å². The number of hydrogen-bond acceptors (Lipinski definition) is 5. The van der Waals surface area contributed by atoms with Crippen LogP contribution in [0.25, 0.3) is 5.78 Å². The van der Waals surface area contributed by atoms with Crippen molar-refractivity contribution in [2.45, 2.75) is 33.1 Å². The van der Waals surface area contributed by atoms with Gasteiger partial charge >= 0.3 is 5.97 Å². The molecule has 2 heterocycles. The highest BCUT2D eigenvalue weighted by molar-refractivity contribution is 5.91. The average molecular weight is 353 g/mol. The number of carboxylic acids is 1. The zero-order valence-electron chi connectivity index (χ0n) is 14.6. The Bertz CT molecular complexity index is 980. The first kappa shape index (κ1) is 17.5. The monoisotopic (exact) mass is 353 g/mol. The minimum atomic E-state index is -0.907. The molecule has 1 amide bonds. The molecule has 134 valence electrons. The normalized spacial score (nSPS) is 10.8. The van der Waals surface area contributed by atoms with Gasteiger partial charge < -0.3 is 10.4 Å². The molecule has 0 unspecified atom stereocenters. The van der Waals surface area contributed by atoms with Gasteiger partial charge in [-0.3, -0.25) is 9.59 Å². The van der Waals surface area contributed by atoms with Gasteiger partial charge in [0.2, 0.25) is 5.91 Å². The van der Waals surface area contributed by atoms with E-state index in [2.05, 4.69) is 20.4 Å². The number of aliphatic carboxylic acids is 1. The van der Waals surface area contributed by atoms with Crippen LogP contribution >= 0.6 is 0 Å². The molecule has 0 fully saturated rings. The van der Waals surface area contributed by atoms with Gasteiger partial charge in [-0.2, -0.15) is 10.1 Å². The number of benzene rings is 1. The van der Waals surface area contributed by atoms with E-state index in [9.17, 15) is 9.59 Å². The van der Waals surface area contributed by atoms with Crippen molar-refractivity contribution in [3.8, 4) is 0 Å². The minimum Gasteiger partial charge on any atom is -0.481 e. The third-order valence-corrected chi connectivity index (χ3v) is 4.16. The Morgan fingerprint density at radius 1 is 1.27 bits per heavy atom. The Hall–Kier alpha value is -3.29. The maximum atomic E-state index is 12.3. The van der Waals surface area contributed by atoms with Crippen LogP contribution in [0.5, 0.6) is 0 Å². The van der Waals surface area contributed by atoms with E-state index < -0.39 is 5.97 Å². The van der Waals surface area contributed by atoms with Crippen molar-refractivity contribution < 1.29 is 14.7 Å². The Kier molecular flexibility index (Phi) is 4.92. The number of carbonyl (C=O) groups is 2. The molecule has 3 rings (SSSR count). The van der Waals surface area contributed by atoms with Gasteiger partial charge in [-0.15, -0.1) is 0 Å². The van der Waals surface area contributed by atoms with Crippen LogP contribution in [0, 0.1) is 13.8 Å². The second-order valence-electron chi connectivity index (χ2n) is 6.05. The summed E-state index contributed by atoms with van der Waals surface area (Å²) in [7, 11) is 0. The van der Waals surface area contributed by atoms with Crippen molar-refractivity contribution in [2.75, 3.05) is 5.32 Å². The Labute approximate surface area is 149 Å². The van der Waals surface area contributed by atoms with E-state index in [-0.39, 0.29) is 18.7 Å². The van der Waals surface area contributed by atoms with E-state index in [4.69, 9.17) is 5.11 Å². The molecule has 0 radical (unpaired) electrons. The fraction of sp³-hybridized carbons (Fsp3) is 0.278. The summed E-state index contributed by atoms with van der Waals surface area (Å²) in [5.41, 5.74) is 3.95. The van der Waals surface area contributed by atoms with Crippen molar-refractivity contribution >= 4 is 23.3 Å². The van der Waals surface area contributed by atoms with Crippen molar-refractivity contribution in [3.63, 3.8) is 0 Å². The second-order valence-corrected chi connectivity index (χ2v) is 6.05. The number of nitrogens with one attached hydrogen (secondary N) is 1. The molecule has 26 heavy (non-hydrogen) atoms. The summed E-state index contributed by atoms with van der Waals surface area (Å²) < 4.78 is 1.66. The van der Waals surface area contributed by atoms with Gasteiger partial charge in [0.25, 0.3) is 5.78 Å². The van der Waals surface area contributed by atoms with Crippen LogP contribution in [0.2, 0.25) is 0 Å². The predicted octanol–water partition coefficient (Wildman–Crippen LogP) is 1.94. The summed E-state index contributed by atoms with van der Waals surface area (Å²) in [5.74, 6) is -0.506. The molecule has 0 atom stereocenters. The highest BCUT2D eigenvalue weighted by Gasteiger charge is 2.13. The lowest BCUT2D eigenvalue weighted by atomic mass is 10.1. The molecule has 8 heteroatoms. The third-order valence-electron chi connectivity index (χ3n) is 4.16. The number of hydrogen-bond donors (Lipinski definition) is 2. The highest BCUT2D eigenvalue weighted by Crippen LogP contribution is 2.16. The first-order valence-electron chi connectivity index (χ1n) is 8.20. The molecule has 8 nitrogen and oxygen atoms in total. The molecule has 3 aromatic rings. The van der Waals surface area contributed by atoms with Crippen molar-refractivity contribution in [1.29, 1.82) is 0 Å². The number of nitrogens with zero attached hydrogens (tertiary/aromatic N) is 4. The molecule has 0 aliphatic carbocycles. The number of carboxylic acid groups (broad SMARTS) is 1. The average Bonchev–Trinajstić information content (AvgIpc) is 3.02. The number of aryl methyl sites for hydroxylation is 2. The molecule has 2 aromatic heterocycles. The van der Waals surface area contributed by atoms with Crippen LogP contribution in [0.15, 0.2) is 30.6 Å². The zero-order valence-corrected chi connectivity index (χ0v) is 14.6. The number of anilines is 1. The van der Waals surface area contributed by atoms with Gasteiger partial charge in [0.05, 0.1) is 6.42 Å². The molecule has 0 saturated heterocycles. The highest BCUT2D eigenvalue weighted by atomic mass is 16.4. The number of carbonyl (C=O) groups excluding carboxylic acids is 1. The lowest BCUT2D eigenvalue weighted by molar-refractivity contribution is -0.136. The van der Waals surface area contributed by atoms with E-state index in [1.54, 1.807) is 28.8 Å². The van der Waals surface area contributed by atoms with Gasteiger partial charge in [-0.05, 0) is 43.5 Å². The fourth-order valence-corrected chi connectivity index (χ4v) is 2.91. The lowest BCUT2D eigenvalue weighted by Gasteiger charge is -2.11. The van der Waals surface area contributed by atoms with E-state index in [1.165, 1.54) is 6.33 Å². The second kappa shape index (κ2) is 7.30. The number of amides is 1. The molecular formula is C18H19N5O3. The SMILES string of the molecule is Cc1nc2ncnn2c(C)c1CCC(=O)Nc1cccc(CC(=O)O)c1. The van der Waals surface area contributed by atoms with Gasteiger partial charge in [0, 0.05) is 23.5 Å². The summed E-state index contributed by atoms with van der Waals surface area (Å²) >= 11 is 0. The topological polar surface area (TPSA) is 109 Å². The standard InChI is InChI=1S/C18H19N5O3/c1-11-15(12(2)23-18(21-11)19-10-20-23)6-7-16(24)22-14-5-3-4-13(8-14)9-17(25)26/h3-5,8,10H,6-7,9H2,1-2H3,(H,22,24)(H,25,26). The summed E-state index contributed by atoms with van der Waals surface area (Å²) in [4.78, 5) is 31.5. The number of aromatic nitrogens is 4. The molecule has 2 N–H and O–H groups in total. The van der Waals surface area contributed by atoms with Crippen molar-refractivity contribution in [2.24, 2.45) is 0 Å². The van der Waals surface area contributed by atoms with Crippen LogP contribution in [-0.2, 0) is 22.4 Å². The Morgan fingerprint density at radius 3 is 2.85 bits per heavy atom. The van der Waals surface area contributed by atoms with E-state index in [0.717, 1.165) is 17.0 Å². The summed E-state index contributed by atoms with van der Waals surface area (Å²) in [6.45, 7) is 3.82. The largest absolute Gasteiger partial charge is 0.481 e. The van der Waals surface area contributed by atoms with Crippen molar-refractivity contribution in [3.05, 3.63) is 53.1 Å². The minimum absolute atomic E-state index is 0.0777. The van der Waals surface area contributed by atoms with Gasteiger partial charge in [-0.1, -0.05) is 12.1 Å². The van der Waals surface area contributed by atoms with Crippen LogP contribution < -0.4 is 5.32 Å². The Morgan fingerprint density at radius 2 is 2.08 bits per heavy atom. The Balaban J connectivity index is 1.67. The van der Waals surface area contributed by atoms with Gasteiger partial charge in [-0.25, -0.2) is 9.50 Å². The predicted molar refractivity (Wildman–Crippen MR) is 95.0 cm³/mol. The molecule has 0 saturated carbocycles. The zero-order chi connectivity index (χ0) is 18.7. The lowest BCUT2D eigenvalue weighted by Crippen LogP contribution is -2.14. The number of fused-ring (bicyclic) bond motifs is 1. The number of rotatable bonds is 6. The van der Waals surface area contributed by atoms with E-state index in [1.807, 2.05) is 13.8 Å². The maximum Gasteiger partial charge on any atom is 0.307 e. The quantitative estimate of drug-likeness (QED) is 0.701. The third kappa shape index (κ3) is 3.85. The van der Waals surface area contributed by atoms with E-state index >= 15 is 0 Å². The summed E-state index contributed by atoms with van der Waals surface area (Å²) in [6, 6.07) is 6.86. The molecule has 0 aliphatic heterocycles. The molecule has 0 aliphatic rings. The molecular weight excluding hydrogens is 334 g/mol. The first-order valence-corrected chi connectivity index (χ1v) is 8.20. The summed E-state index contributed by atoms with van der Waals surface area (Å²) in [6.07, 6.45) is 2.19. The van der Waals surface area contributed by atoms with Crippen LogP contribution in [0.3, 0.4) is 0 Å². The van der Waals surface area contributed by atoms with Crippen molar-refractivity contribution in [1.82, 2.24) is 19.6 Å². The van der Waals surface area contributed by atoms with Crippen LogP contribution in [0.4, 0.5) is 5.69 Å². The van der Waals surface area contributed by atoms with Crippen LogP contribution in [-0.4, -0.2) is 36.6 Å². The first-order chi connectivity index (χ1) is 12.4. The summed E-state index contributed by atoms with van der Waals surface area (Å²) in [5, 5.41) is 15.8. The van der Waals surface area contributed by atoms with Crippen LogP contribution in [0.1, 0.15) is 28.9 Å². The molecule has 1 aromatic carbocycles.